The molecule has 0 bridgehead atoms. The highest BCUT2D eigenvalue weighted by Crippen LogP contribution is 2.27. The number of benzene rings is 1. The summed E-state index contributed by atoms with van der Waals surface area (Å²) in [5, 5.41) is 9.23. The highest BCUT2D eigenvalue weighted by molar-refractivity contribution is 7.92. The SMILES string of the molecule is O=S(=O)(Nc1ccc(O)c(Cl)c1)c1cnc(Cl)nc1. The Morgan fingerprint density at radius 1 is 1.16 bits per heavy atom. The lowest BCUT2D eigenvalue weighted by atomic mass is 10.3. The van der Waals surface area contributed by atoms with Gasteiger partial charge in [-0.05, 0) is 29.8 Å². The molecule has 19 heavy (non-hydrogen) atoms. The van der Waals surface area contributed by atoms with Gasteiger partial charge in [0.1, 0.15) is 10.6 Å². The van der Waals surface area contributed by atoms with Crippen molar-refractivity contribution in [2.45, 2.75) is 4.90 Å². The van der Waals surface area contributed by atoms with Crippen molar-refractivity contribution in [3.8, 4) is 5.75 Å². The molecular weight excluding hydrogens is 313 g/mol. The van der Waals surface area contributed by atoms with E-state index in [2.05, 4.69) is 14.7 Å². The molecule has 0 fully saturated rings. The van der Waals surface area contributed by atoms with Crippen LogP contribution in [-0.4, -0.2) is 23.5 Å². The first-order chi connectivity index (χ1) is 8.88. The highest BCUT2D eigenvalue weighted by Gasteiger charge is 2.15. The average Bonchev–Trinajstić information content (AvgIpc) is 2.34. The van der Waals surface area contributed by atoms with Crippen molar-refractivity contribution in [2.24, 2.45) is 0 Å². The number of aromatic hydroxyl groups is 1. The summed E-state index contributed by atoms with van der Waals surface area (Å²) in [6, 6.07) is 3.93. The van der Waals surface area contributed by atoms with Gasteiger partial charge >= 0.3 is 0 Å². The molecular formula is C10H7Cl2N3O3S. The standard InChI is InChI=1S/C10H7Cl2N3O3S/c11-8-3-6(1-2-9(8)16)15-19(17,18)7-4-13-10(12)14-5-7/h1-5,15-16H. The van der Waals surface area contributed by atoms with Crippen molar-refractivity contribution in [1.82, 2.24) is 9.97 Å². The van der Waals surface area contributed by atoms with Gasteiger partial charge in [-0.25, -0.2) is 18.4 Å². The van der Waals surface area contributed by atoms with E-state index in [0.29, 0.717) is 0 Å². The molecule has 0 atom stereocenters. The zero-order chi connectivity index (χ0) is 14.0. The van der Waals surface area contributed by atoms with Crippen LogP contribution < -0.4 is 4.72 Å². The Balaban J connectivity index is 2.30. The van der Waals surface area contributed by atoms with Crippen LogP contribution in [0, 0.1) is 0 Å². The molecule has 1 aromatic heterocycles. The number of hydrogen-bond donors (Lipinski definition) is 2. The number of phenolic OH excluding ortho intramolecular Hbond substituents is 1. The van der Waals surface area contributed by atoms with Crippen LogP contribution in [0.3, 0.4) is 0 Å². The van der Waals surface area contributed by atoms with E-state index in [1.165, 1.54) is 18.2 Å². The lowest BCUT2D eigenvalue weighted by Crippen LogP contribution is -2.13. The summed E-state index contributed by atoms with van der Waals surface area (Å²) in [4.78, 5) is 7.04. The molecule has 2 rings (SSSR count). The molecule has 0 unspecified atom stereocenters. The Labute approximate surface area is 119 Å². The van der Waals surface area contributed by atoms with E-state index >= 15 is 0 Å². The van der Waals surface area contributed by atoms with Crippen LogP contribution in [-0.2, 0) is 10.0 Å². The number of nitrogens with zero attached hydrogens (tertiary/aromatic N) is 2. The minimum atomic E-state index is -3.83. The molecule has 2 aromatic rings. The number of halogens is 2. The Hall–Kier alpha value is -1.57. The molecule has 0 aliphatic rings. The molecule has 0 saturated heterocycles. The van der Waals surface area contributed by atoms with Gasteiger partial charge in [0.2, 0.25) is 5.28 Å². The quantitative estimate of drug-likeness (QED) is 0.669. The van der Waals surface area contributed by atoms with Gasteiger partial charge in [0.05, 0.1) is 23.1 Å². The van der Waals surface area contributed by atoms with Crippen LogP contribution in [0.2, 0.25) is 10.3 Å². The smallest absolute Gasteiger partial charge is 0.264 e. The van der Waals surface area contributed by atoms with Crippen molar-refractivity contribution < 1.29 is 13.5 Å². The lowest BCUT2D eigenvalue weighted by molar-refractivity contribution is 0.475. The minimum Gasteiger partial charge on any atom is -0.506 e. The first-order valence-corrected chi connectivity index (χ1v) is 7.11. The van der Waals surface area contributed by atoms with Gasteiger partial charge in [0.15, 0.2) is 0 Å². The molecule has 0 spiro atoms. The van der Waals surface area contributed by atoms with Crippen LogP contribution in [0.15, 0.2) is 35.5 Å². The third kappa shape index (κ3) is 3.25. The van der Waals surface area contributed by atoms with Crippen molar-refractivity contribution in [2.75, 3.05) is 4.72 Å². The molecule has 9 heteroatoms. The summed E-state index contributed by atoms with van der Waals surface area (Å²) in [6.07, 6.45) is 2.17. The minimum absolute atomic E-state index is 0.0348. The number of aromatic nitrogens is 2. The van der Waals surface area contributed by atoms with Gasteiger partial charge in [0, 0.05) is 0 Å². The predicted octanol–water partition coefficient (Wildman–Crippen LogP) is 2.29. The zero-order valence-corrected chi connectivity index (χ0v) is 11.5. The van der Waals surface area contributed by atoms with Gasteiger partial charge in [-0.2, -0.15) is 0 Å². The normalized spacial score (nSPS) is 11.3. The third-order valence-corrected chi connectivity index (χ3v) is 3.94. The van der Waals surface area contributed by atoms with Gasteiger partial charge in [-0.15, -0.1) is 0 Å². The van der Waals surface area contributed by atoms with Crippen LogP contribution in [0.25, 0.3) is 0 Å². The highest BCUT2D eigenvalue weighted by atomic mass is 35.5. The fourth-order valence-electron chi connectivity index (χ4n) is 1.22. The van der Waals surface area contributed by atoms with Crippen molar-refractivity contribution >= 4 is 38.9 Å². The summed E-state index contributed by atoms with van der Waals surface area (Å²) in [5.41, 5.74) is 0.206. The molecule has 0 aliphatic heterocycles. The van der Waals surface area contributed by atoms with Crippen LogP contribution in [0.1, 0.15) is 0 Å². The molecule has 2 N–H and O–H groups in total. The molecule has 0 aliphatic carbocycles. The van der Waals surface area contributed by atoms with Gasteiger partial charge in [-0.3, -0.25) is 4.72 Å². The maximum absolute atomic E-state index is 12.0. The molecule has 1 heterocycles. The van der Waals surface area contributed by atoms with Crippen LogP contribution in [0.5, 0.6) is 5.75 Å². The second kappa shape index (κ2) is 5.20. The Morgan fingerprint density at radius 2 is 1.79 bits per heavy atom. The summed E-state index contributed by atoms with van der Waals surface area (Å²) < 4.78 is 26.2. The number of nitrogens with one attached hydrogen (secondary N) is 1. The number of sulfonamides is 1. The number of anilines is 1. The molecule has 0 saturated carbocycles. The summed E-state index contributed by atoms with van der Waals surface area (Å²) in [5.74, 6) is -0.139. The molecule has 1 aromatic carbocycles. The summed E-state index contributed by atoms with van der Waals surface area (Å²) >= 11 is 11.2. The zero-order valence-electron chi connectivity index (χ0n) is 9.21. The summed E-state index contributed by atoms with van der Waals surface area (Å²) in [7, 11) is -3.83. The second-order valence-corrected chi connectivity index (χ2v) is 5.89. The Kier molecular flexibility index (Phi) is 3.79. The number of hydrogen-bond acceptors (Lipinski definition) is 5. The third-order valence-electron chi connectivity index (χ3n) is 2.11. The molecule has 0 amide bonds. The first kappa shape index (κ1) is 13.9. The fourth-order valence-corrected chi connectivity index (χ4v) is 2.44. The van der Waals surface area contributed by atoms with Crippen LogP contribution in [0.4, 0.5) is 5.69 Å². The Morgan fingerprint density at radius 3 is 2.37 bits per heavy atom. The van der Waals surface area contributed by atoms with E-state index in [1.54, 1.807) is 0 Å². The molecule has 6 nitrogen and oxygen atoms in total. The second-order valence-electron chi connectivity index (χ2n) is 3.46. The topological polar surface area (TPSA) is 92.2 Å². The fraction of sp³-hybridized carbons (Fsp3) is 0. The maximum atomic E-state index is 12.0. The van der Waals surface area contributed by atoms with Crippen molar-refractivity contribution in [3.05, 3.63) is 40.9 Å². The van der Waals surface area contributed by atoms with Gasteiger partial charge in [0.25, 0.3) is 10.0 Å². The molecule has 100 valence electrons. The van der Waals surface area contributed by atoms with E-state index in [-0.39, 0.29) is 26.6 Å². The van der Waals surface area contributed by atoms with E-state index in [0.717, 1.165) is 12.4 Å². The van der Waals surface area contributed by atoms with Crippen molar-refractivity contribution in [1.29, 1.82) is 0 Å². The van der Waals surface area contributed by atoms with E-state index in [4.69, 9.17) is 23.2 Å². The van der Waals surface area contributed by atoms with Crippen LogP contribution >= 0.6 is 23.2 Å². The monoisotopic (exact) mass is 319 g/mol. The Bertz CT molecular complexity index is 704. The first-order valence-electron chi connectivity index (χ1n) is 4.87. The maximum Gasteiger partial charge on any atom is 0.264 e. The van der Waals surface area contributed by atoms with E-state index in [1.807, 2.05) is 0 Å². The van der Waals surface area contributed by atoms with E-state index in [9.17, 15) is 13.5 Å². The lowest BCUT2D eigenvalue weighted by Gasteiger charge is -2.08. The predicted molar refractivity (Wildman–Crippen MR) is 71.0 cm³/mol. The number of phenols is 1. The van der Waals surface area contributed by atoms with Gasteiger partial charge < -0.3 is 5.11 Å². The average molecular weight is 320 g/mol. The van der Waals surface area contributed by atoms with Gasteiger partial charge in [-0.1, -0.05) is 11.6 Å². The van der Waals surface area contributed by atoms with Crippen molar-refractivity contribution in [3.63, 3.8) is 0 Å². The van der Waals surface area contributed by atoms with E-state index < -0.39 is 10.0 Å². The molecule has 0 radical (unpaired) electrons. The largest absolute Gasteiger partial charge is 0.506 e. The number of rotatable bonds is 3. The summed E-state index contributed by atoms with van der Waals surface area (Å²) in [6.45, 7) is 0.